The van der Waals surface area contributed by atoms with E-state index in [9.17, 15) is 0 Å². The highest BCUT2D eigenvalue weighted by Crippen LogP contribution is 2.25. The average Bonchev–Trinajstić information content (AvgIpc) is 2.30. The van der Waals surface area contributed by atoms with Gasteiger partial charge in [0.2, 0.25) is 0 Å². The molecule has 0 atom stereocenters. The molecule has 2 nitrogen and oxygen atoms in total. The van der Waals surface area contributed by atoms with Gasteiger partial charge >= 0.3 is 0 Å². The van der Waals surface area contributed by atoms with Gasteiger partial charge in [0.05, 0.1) is 0 Å². The van der Waals surface area contributed by atoms with Gasteiger partial charge in [-0.15, -0.1) is 0 Å². The minimum absolute atomic E-state index is 0.216. The summed E-state index contributed by atoms with van der Waals surface area (Å²) in [5.41, 5.74) is 1.57. The molecule has 2 rings (SSSR count). The van der Waals surface area contributed by atoms with Crippen LogP contribution in [-0.4, -0.2) is 19.2 Å². The molecule has 1 N–H and O–H groups in total. The van der Waals surface area contributed by atoms with Gasteiger partial charge in [0.15, 0.2) is 0 Å². The smallest absolute Gasteiger partial charge is 0.119 e. The van der Waals surface area contributed by atoms with Crippen molar-refractivity contribution in [1.29, 1.82) is 0 Å². The molecule has 1 aromatic rings. The number of benzene rings is 1. The Morgan fingerprint density at radius 3 is 2.18 bits per heavy atom. The number of piperidine rings is 1. The van der Waals surface area contributed by atoms with Gasteiger partial charge in [0, 0.05) is 0 Å². The molecule has 1 aliphatic rings. The first-order valence-electron chi connectivity index (χ1n) is 6.53. The number of hydrogen-bond acceptors (Lipinski definition) is 2. The lowest BCUT2D eigenvalue weighted by Gasteiger charge is -2.24. The van der Waals surface area contributed by atoms with Crippen molar-refractivity contribution in [2.75, 3.05) is 13.1 Å². The summed E-state index contributed by atoms with van der Waals surface area (Å²) < 4.78 is 5.98. The predicted molar refractivity (Wildman–Crippen MR) is 71.7 cm³/mol. The van der Waals surface area contributed by atoms with E-state index in [0.29, 0.717) is 6.10 Å². The second kappa shape index (κ2) is 5.09. The van der Waals surface area contributed by atoms with Crippen LogP contribution in [0.5, 0.6) is 5.75 Å². The fourth-order valence-electron chi connectivity index (χ4n) is 2.14. The minimum Gasteiger partial charge on any atom is -0.490 e. The Morgan fingerprint density at radius 1 is 1.06 bits per heavy atom. The summed E-state index contributed by atoms with van der Waals surface area (Å²) >= 11 is 0. The third-order valence-corrected chi connectivity index (χ3v) is 3.31. The first kappa shape index (κ1) is 12.4. The average molecular weight is 233 g/mol. The van der Waals surface area contributed by atoms with Crippen molar-refractivity contribution in [2.45, 2.75) is 45.1 Å². The Labute approximate surface area is 104 Å². The Kier molecular flexibility index (Phi) is 3.72. The summed E-state index contributed by atoms with van der Waals surface area (Å²) in [7, 11) is 0. The lowest BCUT2D eigenvalue weighted by atomic mass is 9.87. The summed E-state index contributed by atoms with van der Waals surface area (Å²) in [5, 5.41) is 3.35. The molecule has 17 heavy (non-hydrogen) atoms. The van der Waals surface area contributed by atoms with Crippen molar-refractivity contribution < 1.29 is 4.74 Å². The van der Waals surface area contributed by atoms with Crippen molar-refractivity contribution in [3.63, 3.8) is 0 Å². The summed E-state index contributed by atoms with van der Waals surface area (Å²) in [6.07, 6.45) is 2.61. The van der Waals surface area contributed by atoms with Crippen LogP contribution in [0.15, 0.2) is 24.3 Å². The second-order valence-corrected chi connectivity index (χ2v) is 5.84. The Hall–Kier alpha value is -1.02. The van der Waals surface area contributed by atoms with Crippen LogP contribution in [0.3, 0.4) is 0 Å². The van der Waals surface area contributed by atoms with Crippen molar-refractivity contribution in [3.8, 4) is 5.75 Å². The largest absolute Gasteiger partial charge is 0.490 e. The zero-order chi connectivity index (χ0) is 12.3. The zero-order valence-electron chi connectivity index (χ0n) is 11.1. The third-order valence-electron chi connectivity index (χ3n) is 3.31. The Bertz CT molecular complexity index is 344. The quantitative estimate of drug-likeness (QED) is 0.847. The Balaban J connectivity index is 1.98. The van der Waals surface area contributed by atoms with Crippen LogP contribution in [0.25, 0.3) is 0 Å². The molecule has 0 unspecified atom stereocenters. The molecular weight excluding hydrogens is 210 g/mol. The van der Waals surface area contributed by atoms with E-state index in [-0.39, 0.29) is 5.41 Å². The Morgan fingerprint density at radius 2 is 1.65 bits per heavy atom. The topological polar surface area (TPSA) is 21.3 Å². The number of hydrogen-bond donors (Lipinski definition) is 1. The second-order valence-electron chi connectivity index (χ2n) is 5.84. The van der Waals surface area contributed by atoms with Gasteiger partial charge in [0.1, 0.15) is 11.9 Å². The van der Waals surface area contributed by atoms with Crippen molar-refractivity contribution in [1.82, 2.24) is 5.32 Å². The van der Waals surface area contributed by atoms with Crippen molar-refractivity contribution in [2.24, 2.45) is 0 Å². The monoisotopic (exact) mass is 233 g/mol. The molecule has 0 aliphatic carbocycles. The molecule has 1 saturated heterocycles. The van der Waals surface area contributed by atoms with Gasteiger partial charge in [-0.2, -0.15) is 0 Å². The SMILES string of the molecule is CC(C)(C)c1ccc(OC2CCNCC2)cc1. The van der Waals surface area contributed by atoms with Gasteiger partial charge in [-0.1, -0.05) is 32.9 Å². The van der Waals surface area contributed by atoms with Crippen LogP contribution in [0.1, 0.15) is 39.2 Å². The molecule has 1 fully saturated rings. The molecule has 0 bridgehead atoms. The van der Waals surface area contributed by atoms with Crippen LogP contribution in [0.4, 0.5) is 0 Å². The van der Waals surface area contributed by atoms with E-state index in [1.807, 2.05) is 0 Å². The lowest BCUT2D eigenvalue weighted by Crippen LogP contribution is -2.34. The van der Waals surface area contributed by atoms with Crippen molar-refractivity contribution >= 4 is 0 Å². The van der Waals surface area contributed by atoms with Crippen LogP contribution in [0.2, 0.25) is 0 Å². The normalized spacial score (nSPS) is 18.1. The van der Waals surface area contributed by atoms with Gasteiger partial charge in [-0.3, -0.25) is 0 Å². The summed E-state index contributed by atoms with van der Waals surface area (Å²) in [4.78, 5) is 0. The molecule has 1 aliphatic heterocycles. The molecule has 1 heterocycles. The van der Waals surface area contributed by atoms with Gasteiger partial charge in [-0.05, 0) is 49.0 Å². The highest BCUT2D eigenvalue weighted by molar-refractivity contribution is 5.31. The summed E-state index contributed by atoms with van der Waals surface area (Å²) in [6, 6.07) is 8.55. The van der Waals surface area contributed by atoms with E-state index in [4.69, 9.17) is 4.74 Å². The fourth-order valence-corrected chi connectivity index (χ4v) is 2.14. The van der Waals surface area contributed by atoms with Crippen LogP contribution in [-0.2, 0) is 5.41 Å². The maximum atomic E-state index is 5.98. The molecule has 0 spiro atoms. The standard InChI is InChI=1S/C15H23NO/c1-15(2,3)12-4-6-13(7-5-12)17-14-8-10-16-11-9-14/h4-7,14,16H,8-11H2,1-3H3. The maximum absolute atomic E-state index is 5.98. The molecular formula is C15H23NO. The minimum atomic E-state index is 0.216. The molecule has 1 aromatic carbocycles. The third kappa shape index (κ3) is 3.47. The molecule has 94 valence electrons. The molecule has 0 amide bonds. The highest BCUT2D eigenvalue weighted by Gasteiger charge is 2.16. The van der Waals surface area contributed by atoms with E-state index >= 15 is 0 Å². The summed E-state index contributed by atoms with van der Waals surface area (Å²) in [6.45, 7) is 8.84. The zero-order valence-corrected chi connectivity index (χ0v) is 11.1. The fraction of sp³-hybridized carbons (Fsp3) is 0.600. The van der Waals surface area contributed by atoms with Crippen LogP contribution < -0.4 is 10.1 Å². The van der Waals surface area contributed by atoms with Gasteiger partial charge in [-0.25, -0.2) is 0 Å². The number of nitrogens with one attached hydrogen (secondary N) is 1. The lowest BCUT2D eigenvalue weighted by molar-refractivity contribution is 0.162. The van der Waals surface area contributed by atoms with Gasteiger partial charge in [0.25, 0.3) is 0 Å². The number of ether oxygens (including phenoxy) is 1. The molecule has 0 aromatic heterocycles. The van der Waals surface area contributed by atoms with Crippen LogP contribution >= 0.6 is 0 Å². The molecule has 2 heteroatoms. The predicted octanol–water partition coefficient (Wildman–Crippen LogP) is 3.11. The maximum Gasteiger partial charge on any atom is 0.119 e. The van der Waals surface area contributed by atoms with E-state index in [0.717, 1.165) is 31.7 Å². The van der Waals surface area contributed by atoms with E-state index in [1.165, 1.54) is 5.56 Å². The van der Waals surface area contributed by atoms with E-state index in [2.05, 4.69) is 50.4 Å². The number of rotatable bonds is 2. The van der Waals surface area contributed by atoms with E-state index < -0.39 is 0 Å². The van der Waals surface area contributed by atoms with E-state index in [1.54, 1.807) is 0 Å². The highest BCUT2D eigenvalue weighted by atomic mass is 16.5. The summed E-state index contributed by atoms with van der Waals surface area (Å²) in [5.74, 6) is 1.00. The van der Waals surface area contributed by atoms with Crippen molar-refractivity contribution in [3.05, 3.63) is 29.8 Å². The molecule has 0 radical (unpaired) electrons. The first-order chi connectivity index (χ1) is 8.05. The first-order valence-corrected chi connectivity index (χ1v) is 6.53. The van der Waals surface area contributed by atoms with Gasteiger partial charge < -0.3 is 10.1 Å². The van der Waals surface area contributed by atoms with Crippen LogP contribution in [0, 0.1) is 0 Å². The molecule has 0 saturated carbocycles.